The van der Waals surface area contributed by atoms with Crippen molar-refractivity contribution in [2.24, 2.45) is 0 Å². The molecule has 8 nitrogen and oxygen atoms in total. The fourth-order valence-electron chi connectivity index (χ4n) is 3.98. The van der Waals surface area contributed by atoms with Crippen molar-refractivity contribution in [3.8, 4) is 11.3 Å². The zero-order valence-corrected chi connectivity index (χ0v) is 18.4. The second kappa shape index (κ2) is 8.71. The molecule has 0 radical (unpaired) electrons. The Morgan fingerprint density at radius 1 is 1.21 bits per heavy atom. The van der Waals surface area contributed by atoms with Gasteiger partial charge in [-0.3, -0.25) is 9.48 Å². The van der Waals surface area contributed by atoms with E-state index in [1.54, 1.807) is 25.4 Å². The standard InChI is InChI=1S/C23H23F3N6O2/c1-34-17-12-31(13-17)16-8-20(21(27-10-16)23(24,25)26)30-22(33)19-7-3-6-18(29-19)14-9-28-32(11-14)15-4-2-5-15/h3,6-11,15,17H,2,4-5,12-13H2,1H3,(H,30,33). The van der Waals surface area contributed by atoms with Gasteiger partial charge in [-0.15, -0.1) is 0 Å². The highest BCUT2D eigenvalue weighted by molar-refractivity contribution is 6.03. The Hall–Kier alpha value is -3.47. The van der Waals surface area contributed by atoms with Crippen molar-refractivity contribution >= 4 is 17.3 Å². The van der Waals surface area contributed by atoms with Crippen LogP contribution in [-0.2, 0) is 10.9 Å². The van der Waals surface area contributed by atoms with E-state index >= 15 is 0 Å². The second-order valence-corrected chi connectivity index (χ2v) is 8.51. The Morgan fingerprint density at radius 2 is 2.00 bits per heavy atom. The number of aromatic nitrogens is 4. The third kappa shape index (κ3) is 4.35. The topological polar surface area (TPSA) is 85.2 Å². The lowest BCUT2D eigenvalue weighted by atomic mass is 9.93. The summed E-state index contributed by atoms with van der Waals surface area (Å²) in [6.07, 6.45) is 3.33. The Kier molecular flexibility index (Phi) is 5.72. The number of methoxy groups -OCH3 is 1. The summed E-state index contributed by atoms with van der Waals surface area (Å²) in [4.78, 5) is 22.7. The van der Waals surface area contributed by atoms with Crippen LogP contribution in [0.4, 0.5) is 24.5 Å². The van der Waals surface area contributed by atoms with Crippen LogP contribution in [0.1, 0.15) is 41.5 Å². The molecule has 1 saturated heterocycles. The number of hydrogen-bond acceptors (Lipinski definition) is 6. The summed E-state index contributed by atoms with van der Waals surface area (Å²) in [5.74, 6) is -0.754. The van der Waals surface area contributed by atoms with Gasteiger partial charge in [-0.1, -0.05) is 6.07 Å². The molecular formula is C23H23F3N6O2. The number of ether oxygens (including phenoxy) is 1. The highest BCUT2D eigenvalue weighted by Gasteiger charge is 2.37. The number of carbonyl (C=O) groups is 1. The monoisotopic (exact) mass is 472 g/mol. The van der Waals surface area contributed by atoms with Crippen molar-refractivity contribution in [3.63, 3.8) is 0 Å². The van der Waals surface area contributed by atoms with Crippen LogP contribution in [0.5, 0.6) is 0 Å². The molecule has 3 aromatic rings. The number of amides is 1. The number of alkyl halides is 3. The molecule has 2 aliphatic rings. The largest absolute Gasteiger partial charge is 0.435 e. The molecule has 0 aromatic carbocycles. The molecular weight excluding hydrogens is 449 g/mol. The maximum atomic E-state index is 13.6. The number of carbonyl (C=O) groups excluding carboxylic acids is 1. The van der Waals surface area contributed by atoms with E-state index < -0.39 is 23.5 Å². The summed E-state index contributed by atoms with van der Waals surface area (Å²) in [6, 6.07) is 6.50. The van der Waals surface area contributed by atoms with Gasteiger partial charge in [-0.05, 0) is 37.5 Å². The van der Waals surface area contributed by atoms with Crippen LogP contribution in [0.25, 0.3) is 11.3 Å². The molecule has 11 heteroatoms. The van der Waals surface area contributed by atoms with E-state index in [1.807, 2.05) is 15.8 Å². The van der Waals surface area contributed by atoms with Gasteiger partial charge in [0.05, 0.1) is 41.6 Å². The molecule has 34 heavy (non-hydrogen) atoms. The van der Waals surface area contributed by atoms with Crippen LogP contribution in [-0.4, -0.2) is 52.0 Å². The summed E-state index contributed by atoms with van der Waals surface area (Å²) >= 11 is 0. The Morgan fingerprint density at radius 3 is 2.68 bits per heavy atom. The highest BCUT2D eigenvalue weighted by atomic mass is 19.4. The number of halogens is 3. The highest BCUT2D eigenvalue weighted by Crippen LogP contribution is 2.36. The Labute approximate surface area is 193 Å². The fraction of sp³-hybridized carbons (Fsp3) is 0.391. The summed E-state index contributed by atoms with van der Waals surface area (Å²) in [5.41, 5.74) is 0.156. The first-order valence-corrected chi connectivity index (χ1v) is 11.0. The van der Waals surface area contributed by atoms with Crippen LogP contribution in [0.2, 0.25) is 0 Å². The lowest BCUT2D eigenvalue weighted by Gasteiger charge is -2.39. The molecule has 0 spiro atoms. The minimum atomic E-state index is -4.73. The first kappa shape index (κ1) is 22.3. The molecule has 1 amide bonds. The van der Waals surface area contributed by atoms with Crippen LogP contribution < -0.4 is 10.2 Å². The maximum absolute atomic E-state index is 13.6. The lowest BCUT2D eigenvalue weighted by molar-refractivity contribution is -0.140. The fourth-order valence-corrected chi connectivity index (χ4v) is 3.98. The first-order chi connectivity index (χ1) is 16.3. The third-order valence-electron chi connectivity index (χ3n) is 6.26. The normalized spacial score (nSPS) is 16.8. The zero-order chi connectivity index (χ0) is 23.9. The van der Waals surface area contributed by atoms with Gasteiger partial charge in [0.25, 0.3) is 5.91 Å². The van der Waals surface area contributed by atoms with Crippen molar-refractivity contribution in [1.82, 2.24) is 19.7 Å². The Bertz CT molecular complexity index is 1200. The van der Waals surface area contributed by atoms with Crippen molar-refractivity contribution in [1.29, 1.82) is 0 Å². The van der Waals surface area contributed by atoms with Crippen molar-refractivity contribution in [2.45, 2.75) is 37.6 Å². The van der Waals surface area contributed by atoms with Gasteiger partial charge in [0, 0.05) is 32.0 Å². The number of anilines is 2. The zero-order valence-electron chi connectivity index (χ0n) is 18.4. The molecule has 5 rings (SSSR count). The minimum Gasteiger partial charge on any atom is -0.378 e. The van der Waals surface area contributed by atoms with Crippen molar-refractivity contribution in [2.75, 3.05) is 30.4 Å². The smallest absolute Gasteiger partial charge is 0.378 e. The van der Waals surface area contributed by atoms with Crippen LogP contribution in [0.15, 0.2) is 42.9 Å². The van der Waals surface area contributed by atoms with Crippen molar-refractivity contribution in [3.05, 3.63) is 54.2 Å². The molecule has 3 aromatic heterocycles. The van der Waals surface area contributed by atoms with E-state index in [4.69, 9.17) is 4.74 Å². The molecule has 2 fully saturated rings. The predicted octanol–water partition coefficient (Wildman–Crippen LogP) is 4.17. The maximum Gasteiger partial charge on any atom is 0.435 e. The van der Waals surface area contributed by atoms with Gasteiger partial charge in [0.15, 0.2) is 5.69 Å². The predicted molar refractivity (Wildman–Crippen MR) is 119 cm³/mol. The lowest BCUT2D eigenvalue weighted by Crippen LogP contribution is -2.52. The van der Waals surface area contributed by atoms with Crippen LogP contribution >= 0.6 is 0 Å². The number of hydrogen-bond donors (Lipinski definition) is 1. The average Bonchev–Trinajstić information content (AvgIpc) is 3.20. The van der Waals surface area contributed by atoms with E-state index in [0.29, 0.717) is 30.5 Å². The van der Waals surface area contributed by atoms with E-state index in [1.165, 1.54) is 18.6 Å². The summed E-state index contributed by atoms with van der Waals surface area (Å²) < 4.78 is 47.8. The number of rotatable bonds is 6. The summed E-state index contributed by atoms with van der Waals surface area (Å²) in [7, 11) is 1.58. The summed E-state index contributed by atoms with van der Waals surface area (Å²) in [5, 5.41) is 6.74. The molecule has 178 valence electrons. The number of nitrogens with one attached hydrogen (secondary N) is 1. The van der Waals surface area contributed by atoms with Crippen LogP contribution in [0.3, 0.4) is 0 Å². The Balaban J connectivity index is 1.38. The molecule has 1 aliphatic carbocycles. The van der Waals surface area contributed by atoms with E-state index in [9.17, 15) is 18.0 Å². The SMILES string of the molecule is COC1CN(c2cnc(C(F)(F)F)c(NC(=O)c3cccc(-c4cnn(C5CCC5)c4)n3)c2)C1. The second-order valence-electron chi connectivity index (χ2n) is 8.51. The van der Waals surface area contributed by atoms with E-state index in [2.05, 4.69) is 20.4 Å². The van der Waals surface area contributed by atoms with Gasteiger partial charge < -0.3 is 15.0 Å². The minimum absolute atomic E-state index is 0.00387. The molecule has 0 atom stereocenters. The molecule has 0 bridgehead atoms. The van der Waals surface area contributed by atoms with Gasteiger partial charge in [-0.25, -0.2) is 9.97 Å². The third-order valence-corrected chi connectivity index (χ3v) is 6.26. The molecule has 4 heterocycles. The first-order valence-electron chi connectivity index (χ1n) is 11.0. The van der Waals surface area contributed by atoms with Gasteiger partial charge in [0.2, 0.25) is 0 Å². The molecule has 1 aliphatic heterocycles. The quantitative estimate of drug-likeness (QED) is 0.580. The van der Waals surface area contributed by atoms with Gasteiger partial charge in [0.1, 0.15) is 5.69 Å². The van der Waals surface area contributed by atoms with Gasteiger partial charge >= 0.3 is 6.18 Å². The molecule has 0 unspecified atom stereocenters. The van der Waals surface area contributed by atoms with Gasteiger partial charge in [-0.2, -0.15) is 18.3 Å². The van der Waals surface area contributed by atoms with Crippen molar-refractivity contribution < 1.29 is 22.7 Å². The summed E-state index contributed by atoms with van der Waals surface area (Å²) in [6.45, 7) is 1.07. The van der Waals surface area contributed by atoms with E-state index in [-0.39, 0.29) is 11.8 Å². The number of nitrogens with zero attached hydrogens (tertiary/aromatic N) is 5. The molecule has 1 N–H and O–H groups in total. The molecule has 1 saturated carbocycles. The number of pyridine rings is 2. The van der Waals surface area contributed by atoms with Crippen LogP contribution in [0, 0.1) is 0 Å². The average molecular weight is 472 g/mol. The van der Waals surface area contributed by atoms with E-state index in [0.717, 1.165) is 24.6 Å².